The Balaban J connectivity index is 1.72. The Morgan fingerprint density at radius 1 is 1.11 bits per heavy atom. The number of aromatic nitrogens is 1. The molecule has 3 rings (SSSR count). The maximum atomic E-state index is 12.5. The molecule has 0 aliphatic rings. The Kier molecular flexibility index (Phi) is 6.72. The summed E-state index contributed by atoms with van der Waals surface area (Å²) in [6.07, 6.45) is 1.93. The average Bonchev–Trinajstić information content (AvgIpc) is 3.03. The fourth-order valence-corrected chi connectivity index (χ4v) is 3.95. The molecule has 0 fully saturated rings. The second-order valence-electron chi connectivity index (χ2n) is 5.99. The molecule has 0 spiro atoms. The van der Waals surface area contributed by atoms with E-state index in [1.54, 1.807) is 36.4 Å². The summed E-state index contributed by atoms with van der Waals surface area (Å²) in [5, 5.41) is 9.34. The van der Waals surface area contributed by atoms with Crippen LogP contribution in [0.3, 0.4) is 0 Å². The second-order valence-corrected chi connectivity index (χ2v) is 7.83. The number of nitrogens with one attached hydrogen (secondary N) is 3. The number of carbonyl (C=O) groups is 2. The Morgan fingerprint density at radius 3 is 2.57 bits per heavy atom. The third-order valence-electron chi connectivity index (χ3n) is 3.87. The Bertz CT molecular complexity index is 1000. The van der Waals surface area contributed by atoms with Crippen molar-refractivity contribution in [3.8, 4) is 0 Å². The van der Waals surface area contributed by atoms with Crippen molar-refractivity contribution in [3.05, 3.63) is 52.0 Å². The minimum absolute atomic E-state index is 0.223. The molecule has 3 N–H and O–H groups in total. The number of thiazole rings is 1. The molecule has 146 valence electrons. The van der Waals surface area contributed by atoms with Gasteiger partial charge in [-0.1, -0.05) is 53.9 Å². The van der Waals surface area contributed by atoms with Crippen LogP contribution in [0.4, 0.5) is 15.6 Å². The van der Waals surface area contributed by atoms with E-state index in [4.69, 9.17) is 23.2 Å². The molecule has 0 aliphatic heterocycles. The zero-order chi connectivity index (χ0) is 20.1. The van der Waals surface area contributed by atoms with Crippen molar-refractivity contribution in [3.63, 3.8) is 0 Å². The number of nitrogens with zero attached hydrogens (tertiary/aromatic N) is 1. The first-order valence-corrected chi connectivity index (χ1v) is 10.3. The number of hydrogen-bond donors (Lipinski definition) is 3. The molecule has 0 bridgehead atoms. The van der Waals surface area contributed by atoms with Crippen molar-refractivity contribution in [2.75, 3.05) is 17.2 Å². The highest BCUT2D eigenvalue weighted by atomic mass is 35.5. The topological polar surface area (TPSA) is 83.1 Å². The summed E-state index contributed by atoms with van der Waals surface area (Å²) in [6, 6.07) is 9.91. The quantitative estimate of drug-likeness (QED) is 0.428. The highest BCUT2D eigenvalue weighted by Crippen LogP contribution is 2.30. The molecule has 0 unspecified atom stereocenters. The Morgan fingerprint density at radius 2 is 1.86 bits per heavy atom. The van der Waals surface area contributed by atoms with Crippen LogP contribution in [0.5, 0.6) is 0 Å². The van der Waals surface area contributed by atoms with Crippen LogP contribution in [0.15, 0.2) is 36.4 Å². The molecule has 1 aromatic heterocycles. The maximum absolute atomic E-state index is 12.5. The molecule has 0 saturated carbocycles. The number of urea groups is 1. The van der Waals surface area contributed by atoms with E-state index in [0.29, 0.717) is 17.4 Å². The van der Waals surface area contributed by atoms with Crippen LogP contribution < -0.4 is 16.0 Å². The fourth-order valence-electron chi connectivity index (χ4n) is 2.48. The molecular weight excluding hydrogens is 419 g/mol. The maximum Gasteiger partial charge on any atom is 0.321 e. The zero-order valence-corrected chi connectivity index (χ0v) is 17.3. The minimum Gasteiger partial charge on any atom is -0.338 e. The minimum atomic E-state index is -0.395. The van der Waals surface area contributed by atoms with Crippen LogP contribution in [0.1, 0.15) is 30.1 Å². The first kappa shape index (κ1) is 20.4. The predicted octanol–water partition coefficient (Wildman–Crippen LogP) is 5.78. The standard InChI is InChI=1S/C19H18Cl2N4O2S/c1-2-3-9-22-18(27)25-19-24-14-8-7-11(10-15(14)28-19)23-17(26)16-12(20)5-4-6-13(16)21/h4-8,10H,2-3,9H2,1H3,(H,23,26)(H2,22,24,25,27). The van der Waals surface area contributed by atoms with Crippen LogP contribution in [0, 0.1) is 0 Å². The van der Waals surface area contributed by atoms with Gasteiger partial charge >= 0.3 is 6.03 Å². The lowest BCUT2D eigenvalue weighted by molar-refractivity contribution is 0.102. The largest absolute Gasteiger partial charge is 0.338 e. The molecule has 0 aliphatic carbocycles. The van der Waals surface area contributed by atoms with Gasteiger partial charge in [0.2, 0.25) is 0 Å². The van der Waals surface area contributed by atoms with Crippen molar-refractivity contribution in [1.82, 2.24) is 10.3 Å². The Labute approximate surface area is 176 Å². The van der Waals surface area contributed by atoms with E-state index < -0.39 is 5.91 Å². The van der Waals surface area contributed by atoms with Crippen LogP contribution in [0.2, 0.25) is 10.0 Å². The van der Waals surface area contributed by atoms with Gasteiger partial charge in [-0.05, 0) is 36.8 Å². The number of rotatable bonds is 6. The van der Waals surface area contributed by atoms with Gasteiger partial charge in [-0.25, -0.2) is 9.78 Å². The van der Waals surface area contributed by atoms with Crippen LogP contribution in [-0.2, 0) is 0 Å². The van der Waals surface area contributed by atoms with Gasteiger partial charge < -0.3 is 10.6 Å². The van der Waals surface area contributed by atoms with Crippen molar-refractivity contribution >= 4 is 67.5 Å². The lowest BCUT2D eigenvalue weighted by Gasteiger charge is -2.08. The van der Waals surface area contributed by atoms with E-state index >= 15 is 0 Å². The van der Waals surface area contributed by atoms with E-state index in [1.807, 2.05) is 0 Å². The molecule has 6 nitrogen and oxygen atoms in total. The van der Waals surface area contributed by atoms with Gasteiger partial charge in [-0.2, -0.15) is 0 Å². The van der Waals surface area contributed by atoms with Gasteiger partial charge in [-0.15, -0.1) is 0 Å². The number of benzene rings is 2. The summed E-state index contributed by atoms with van der Waals surface area (Å²) in [5.41, 5.74) is 1.53. The summed E-state index contributed by atoms with van der Waals surface area (Å²) in [7, 11) is 0. The molecule has 2 aromatic carbocycles. The molecule has 0 atom stereocenters. The lowest BCUT2D eigenvalue weighted by Crippen LogP contribution is -2.29. The van der Waals surface area contributed by atoms with Crippen molar-refractivity contribution < 1.29 is 9.59 Å². The van der Waals surface area contributed by atoms with Crippen LogP contribution in [-0.4, -0.2) is 23.5 Å². The van der Waals surface area contributed by atoms with E-state index in [0.717, 1.165) is 23.1 Å². The van der Waals surface area contributed by atoms with Gasteiger partial charge in [0.1, 0.15) is 0 Å². The number of carbonyl (C=O) groups excluding carboxylic acids is 2. The molecule has 9 heteroatoms. The van der Waals surface area contributed by atoms with E-state index in [2.05, 4.69) is 27.9 Å². The summed E-state index contributed by atoms with van der Waals surface area (Å²) in [4.78, 5) is 28.7. The van der Waals surface area contributed by atoms with E-state index in [9.17, 15) is 9.59 Å². The van der Waals surface area contributed by atoms with Crippen molar-refractivity contribution in [2.24, 2.45) is 0 Å². The van der Waals surface area contributed by atoms with Gasteiger partial charge in [0, 0.05) is 12.2 Å². The monoisotopic (exact) mass is 436 g/mol. The first-order valence-electron chi connectivity index (χ1n) is 8.68. The molecule has 1 heterocycles. The average molecular weight is 437 g/mol. The number of unbranched alkanes of at least 4 members (excludes halogenated alkanes) is 1. The smallest absolute Gasteiger partial charge is 0.321 e. The highest BCUT2D eigenvalue weighted by molar-refractivity contribution is 7.22. The summed E-state index contributed by atoms with van der Waals surface area (Å²) < 4.78 is 0.826. The number of anilines is 2. The van der Waals surface area contributed by atoms with E-state index in [1.165, 1.54) is 11.3 Å². The SMILES string of the molecule is CCCCNC(=O)Nc1nc2ccc(NC(=O)c3c(Cl)cccc3Cl)cc2s1. The molecule has 0 radical (unpaired) electrons. The van der Waals surface area contributed by atoms with E-state index in [-0.39, 0.29) is 21.6 Å². The lowest BCUT2D eigenvalue weighted by atomic mass is 10.2. The number of hydrogen-bond acceptors (Lipinski definition) is 4. The number of halogens is 2. The van der Waals surface area contributed by atoms with Gasteiger partial charge in [0.15, 0.2) is 5.13 Å². The molecule has 28 heavy (non-hydrogen) atoms. The summed E-state index contributed by atoms with van der Waals surface area (Å²) in [5.74, 6) is -0.395. The normalized spacial score (nSPS) is 10.7. The van der Waals surface area contributed by atoms with Crippen LogP contribution in [0.25, 0.3) is 10.2 Å². The third kappa shape index (κ3) is 4.92. The molecule has 3 amide bonds. The highest BCUT2D eigenvalue weighted by Gasteiger charge is 2.15. The van der Waals surface area contributed by atoms with Gasteiger partial charge in [0.25, 0.3) is 5.91 Å². The van der Waals surface area contributed by atoms with Crippen molar-refractivity contribution in [2.45, 2.75) is 19.8 Å². The fraction of sp³-hybridized carbons (Fsp3) is 0.211. The second kappa shape index (κ2) is 9.23. The third-order valence-corrected chi connectivity index (χ3v) is 5.44. The number of amides is 3. The van der Waals surface area contributed by atoms with Gasteiger partial charge in [0.05, 0.1) is 25.8 Å². The summed E-state index contributed by atoms with van der Waals surface area (Å²) in [6.45, 7) is 2.68. The predicted molar refractivity (Wildman–Crippen MR) is 116 cm³/mol. The molecular formula is C19H18Cl2N4O2S. The van der Waals surface area contributed by atoms with Crippen LogP contribution >= 0.6 is 34.5 Å². The first-order chi connectivity index (χ1) is 13.5. The van der Waals surface area contributed by atoms with Gasteiger partial charge in [-0.3, -0.25) is 10.1 Å². The molecule has 0 saturated heterocycles. The zero-order valence-electron chi connectivity index (χ0n) is 15.0. The number of fused-ring (bicyclic) bond motifs is 1. The van der Waals surface area contributed by atoms with Crippen molar-refractivity contribution in [1.29, 1.82) is 0 Å². The Hall–Kier alpha value is -2.35. The summed E-state index contributed by atoms with van der Waals surface area (Å²) >= 11 is 13.5. The molecule has 3 aromatic rings.